The Bertz CT molecular complexity index is 1590. The molecule has 0 saturated carbocycles. The Morgan fingerprint density at radius 1 is 1.23 bits per heavy atom. The summed E-state index contributed by atoms with van der Waals surface area (Å²) in [5.74, 6) is -1.28. The fourth-order valence-corrected chi connectivity index (χ4v) is 5.51. The minimum Gasteiger partial charge on any atom is -0.463 e. The Balaban J connectivity index is 1.38. The smallest absolute Gasteiger partial charge is 0.308 e. The molecule has 2 aromatic heterocycles. The third-order valence-electron chi connectivity index (χ3n) is 7.27. The van der Waals surface area contributed by atoms with Crippen molar-refractivity contribution in [2.45, 2.75) is 84.5 Å². The number of rotatable bonds is 12. The molecule has 44 heavy (non-hydrogen) atoms. The van der Waals surface area contributed by atoms with Gasteiger partial charge in [0.05, 0.1) is 18.9 Å². The number of hydrogen-bond acceptors (Lipinski definition) is 11. The number of halogens is 1. The van der Waals surface area contributed by atoms with E-state index >= 15 is 0 Å². The van der Waals surface area contributed by atoms with Crippen LogP contribution in [0.2, 0.25) is 5.28 Å². The minimum absolute atomic E-state index is 0.0128. The zero-order chi connectivity index (χ0) is 32.2. The molecule has 2 unspecified atom stereocenters. The Kier molecular flexibility index (Phi) is 10.2. The molecule has 236 valence electrons. The maximum atomic E-state index is 13.0. The second-order valence-corrected chi connectivity index (χ2v) is 11.7. The van der Waals surface area contributed by atoms with Crippen LogP contribution in [0.3, 0.4) is 0 Å². The van der Waals surface area contributed by atoms with Crippen LogP contribution in [-0.2, 0) is 45.3 Å². The lowest BCUT2D eigenvalue weighted by atomic mass is 9.78. The Labute approximate surface area is 259 Å². The SMILES string of the molecule is COC(CCn1cnc2c(NC(=O)C3CCC(=O)O3)nc(Cl)nc21)COC(=O)CC(C)(C)c1c(C)cc(C)cc1OC(C)=O. The number of anilines is 1. The fraction of sp³-hybridized carbons (Fsp3) is 0.500. The van der Waals surface area contributed by atoms with Gasteiger partial charge in [0.2, 0.25) is 5.28 Å². The molecular weight excluding hydrogens is 594 g/mol. The number of methoxy groups -OCH3 is 1. The molecule has 0 radical (unpaired) electrons. The summed E-state index contributed by atoms with van der Waals surface area (Å²) < 4.78 is 23.4. The third kappa shape index (κ3) is 7.88. The number of imidazole rings is 1. The van der Waals surface area contributed by atoms with Crippen LogP contribution < -0.4 is 10.1 Å². The molecule has 13 nitrogen and oxygen atoms in total. The summed E-state index contributed by atoms with van der Waals surface area (Å²) in [6.45, 7) is 9.38. The van der Waals surface area contributed by atoms with Crippen molar-refractivity contribution >= 4 is 52.4 Å². The molecule has 0 bridgehead atoms. The zero-order valence-electron chi connectivity index (χ0n) is 25.6. The molecule has 4 rings (SSSR count). The monoisotopic (exact) mass is 629 g/mol. The molecule has 2 atom stereocenters. The number of nitrogens with zero attached hydrogens (tertiary/aromatic N) is 4. The van der Waals surface area contributed by atoms with E-state index < -0.39 is 41.4 Å². The predicted molar refractivity (Wildman–Crippen MR) is 159 cm³/mol. The maximum absolute atomic E-state index is 13.0. The van der Waals surface area contributed by atoms with E-state index in [0.717, 1.165) is 16.7 Å². The Hall–Kier alpha value is -4.10. The molecule has 1 aromatic carbocycles. The zero-order valence-corrected chi connectivity index (χ0v) is 26.3. The minimum atomic E-state index is -0.902. The van der Waals surface area contributed by atoms with Crippen LogP contribution >= 0.6 is 11.6 Å². The topological polar surface area (TPSA) is 161 Å². The van der Waals surface area contributed by atoms with Crippen molar-refractivity contribution in [2.24, 2.45) is 0 Å². The molecule has 1 aliphatic heterocycles. The van der Waals surface area contributed by atoms with Gasteiger partial charge in [-0.25, -0.2) is 4.98 Å². The molecule has 14 heteroatoms. The number of ether oxygens (including phenoxy) is 4. The number of cyclic esters (lactones) is 1. The van der Waals surface area contributed by atoms with Gasteiger partial charge in [-0.3, -0.25) is 19.2 Å². The highest BCUT2D eigenvalue weighted by Gasteiger charge is 2.32. The van der Waals surface area contributed by atoms with Gasteiger partial charge in [-0.2, -0.15) is 9.97 Å². The molecule has 3 aromatic rings. The van der Waals surface area contributed by atoms with Gasteiger partial charge in [0.25, 0.3) is 5.91 Å². The van der Waals surface area contributed by atoms with Gasteiger partial charge in [0.1, 0.15) is 12.4 Å². The summed E-state index contributed by atoms with van der Waals surface area (Å²) in [7, 11) is 1.53. The molecule has 1 aliphatic rings. The summed E-state index contributed by atoms with van der Waals surface area (Å²) in [5, 5.41) is 2.53. The second-order valence-electron chi connectivity index (χ2n) is 11.4. The molecule has 3 heterocycles. The second kappa shape index (κ2) is 13.7. The predicted octanol–water partition coefficient (Wildman–Crippen LogP) is 3.98. The van der Waals surface area contributed by atoms with E-state index in [-0.39, 0.29) is 37.0 Å². The van der Waals surface area contributed by atoms with E-state index in [2.05, 4.69) is 20.3 Å². The molecule has 1 N–H and O–H groups in total. The fourth-order valence-electron chi connectivity index (χ4n) is 5.35. The first-order valence-corrected chi connectivity index (χ1v) is 14.5. The van der Waals surface area contributed by atoms with E-state index in [4.69, 9.17) is 30.5 Å². The highest BCUT2D eigenvalue weighted by molar-refractivity contribution is 6.28. The highest BCUT2D eigenvalue weighted by atomic mass is 35.5. The van der Waals surface area contributed by atoms with Gasteiger partial charge >= 0.3 is 17.9 Å². The first-order valence-electron chi connectivity index (χ1n) is 14.1. The van der Waals surface area contributed by atoms with E-state index in [1.807, 2.05) is 33.8 Å². The van der Waals surface area contributed by atoms with Crippen LogP contribution in [0.5, 0.6) is 5.75 Å². The van der Waals surface area contributed by atoms with Crippen LogP contribution in [-0.4, -0.2) is 69.3 Å². The van der Waals surface area contributed by atoms with Crippen molar-refractivity contribution in [3.63, 3.8) is 0 Å². The van der Waals surface area contributed by atoms with Crippen LogP contribution in [0.15, 0.2) is 18.5 Å². The number of amides is 1. The number of esters is 3. The maximum Gasteiger partial charge on any atom is 0.308 e. The number of hydrogen-bond donors (Lipinski definition) is 1. The molecule has 1 saturated heterocycles. The lowest BCUT2D eigenvalue weighted by Crippen LogP contribution is -2.28. The van der Waals surface area contributed by atoms with Gasteiger partial charge in [0, 0.05) is 44.4 Å². The van der Waals surface area contributed by atoms with Crippen LogP contribution in [0.25, 0.3) is 11.2 Å². The average Bonchev–Trinajstić information content (AvgIpc) is 3.53. The molecule has 1 fully saturated rings. The van der Waals surface area contributed by atoms with Crippen LogP contribution in [0.4, 0.5) is 5.82 Å². The first-order chi connectivity index (χ1) is 20.8. The summed E-state index contributed by atoms with van der Waals surface area (Å²) in [4.78, 5) is 61.3. The number of fused-ring (bicyclic) bond motifs is 1. The Morgan fingerprint density at radius 3 is 2.64 bits per heavy atom. The van der Waals surface area contributed by atoms with Crippen molar-refractivity contribution < 1.29 is 38.1 Å². The van der Waals surface area contributed by atoms with Crippen molar-refractivity contribution in [3.8, 4) is 5.75 Å². The summed E-state index contributed by atoms with van der Waals surface area (Å²) in [5.41, 5.74) is 2.65. The van der Waals surface area contributed by atoms with Gasteiger partial charge < -0.3 is 28.8 Å². The summed E-state index contributed by atoms with van der Waals surface area (Å²) >= 11 is 6.14. The largest absolute Gasteiger partial charge is 0.463 e. The van der Waals surface area contributed by atoms with Crippen molar-refractivity contribution in [1.29, 1.82) is 0 Å². The van der Waals surface area contributed by atoms with Crippen LogP contribution in [0, 0.1) is 13.8 Å². The molecule has 0 spiro atoms. The van der Waals surface area contributed by atoms with Crippen molar-refractivity contribution in [3.05, 3.63) is 40.4 Å². The quantitative estimate of drug-likeness (QED) is 0.175. The van der Waals surface area contributed by atoms with E-state index in [9.17, 15) is 19.2 Å². The van der Waals surface area contributed by atoms with Gasteiger partial charge in [-0.1, -0.05) is 19.9 Å². The highest BCUT2D eigenvalue weighted by Crippen LogP contribution is 2.38. The number of carbonyl (C=O) groups excluding carboxylic acids is 4. The van der Waals surface area contributed by atoms with Crippen LogP contribution in [0.1, 0.15) is 63.1 Å². The first kappa shape index (κ1) is 32.8. The van der Waals surface area contributed by atoms with E-state index in [0.29, 0.717) is 29.9 Å². The number of aryl methyl sites for hydroxylation is 3. The average molecular weight is 630 g/mol. The van der Waals surface area contributed by atoms with Gasteiger partial charge in [0.15, 0.2) is 23.1 Å². The lowest BCUT2D eigenvalue weighted by molar-refractivity contribution is -0.148. The lowest BCUT2D eigenvalue weighted by Gasteiger charge is -2.29. The third-order valence-corrected chi connectivity index (χ3v) is 7.44. The molecule has 1 amide bonds. The summed E-state index contributed by atoms with van der Waals surface area (Å²) in [6, 6.07) is 3.77. The van der Waals surface area contributed by atoms with Gasteiger partial charge in [-0.15, -0.1) is 0 Å². The number of benzene rings is 1. The van der Waals surface area contributed by atoms with Gasteiger partial charge in [-0.05, 0) is 49.1 Å². The Morgan fingerprint density at radius 2 is 1.98 bits per heavy atom. The molecular formula is C30H36ClN5O8. The van der Waals surface area contributed by atoms with Crippen molar-refractivity contribution in [1.82, 2.24) is 19.5 Å². The van der Waals surface area contributed by atoms with E-state index in [1.54, 1.807) is 10.6 Å². The summed E-state index contributed by atoms with van der Waals surface area (Å²) in [6.07, 6.45) is 1.14. The normalized spacial score (nSPS) is 15.6. The van der Waals surface area contributed by atoms with E-state index in [1.165, 1.54) is 20.4 Å². The van der Waals surface area contributed by atoms with Crippen molar-refractivity contribution in [2.75, 3.05) is 19.0 Å². The molecule has 0 aliphatic carbocycles. The number of aromatic nitrogens is 4. The number of nitrogens with one attached hydrogen (secondary N) is 1. The number of carbonyl (C=O) groups is 4. The standard InChI is InChI=1S/C30H36ClN5O8/c1-16-11-17(2)24(21(12-16)43-18(3)37)30(4,5)13-23(39)42-14-19(41-6)9-10-36-15-32-25-26(34-29(31)35-27(25)36)33-28(40)20-7-8-22(38)44-20/h11-12,15,19-20H,7-10,13-14H2,1-6H3,(H,33,34,35,40).